The SMILES string of the molecule is [NH3+]C[C@H]1CN(c2ncnc3[nH]cc(-c4cccc(CO)c4)c23)CCO1. The molecule has 5 N–H and O–H groups in total. The van der Waals surface area contributed by atoms with Crippen molar-refractivity contribution in [2.45, 2.75) is 12.7 Å². The minimum absolute atomic E-state index is 0.0220. The number of H-pyrrole nitrogens is 1. The van der Waals surface area contributed by atoms with Crippen LogP contribution >= 0.6 is 0 Å². The summed E-state index contributed by atoms with van der Waals surface area (Å²) in [6, 6.07) is 7.90. The van der Waals surface area contributed by atoms with Gasteiger partial charge in [0.1, 0.15) is 30.4 Å². The number of rotatable bonds is 4. The average Bonchev–Trinajstić information content (AvgIpc) is 3.12. The Balaban J connectivity index is 1.81. The number of hydrogen-bond donors (Lipinski definition) is 3. The third kappa shape index (κ3) is 2.97. The first-order chi connectivity index (χ1) is 12.3. The summed E-state index contributed by atoms with van der Waals surface area (Å²) in [6.07, 6.45) is 3.67. The molecule has 3 heterocycles. The predicted molar refractivity (Wildman–Crippen MR) is 95.0 cm³/mol. The standard InChI is InChI=1S/C18H21N5O2/c19-7-14-9-23(4-5-25-14)18-16-15(8-20-17(16)21-11-22-18)13-3-1-2-12(6-13)10-24/h1-3,6,8,11,14,24H,4-5,7,9-10,19H2,(H,20,21,22)/p+1/t14-/m0/s1. The molecule has 2 aromatic heterocycles. The minimum Gasteiger partial charge on any atom is -0.392 e. The molecule has 25 heavy (non-hydrogen) atoms. The normalized spacial score (nSPS) is 18.0. The maximum absolute atomic E-state index is 9.43. The van der Waals surface area contributed by atoms with Crippen molar-refractivity contribution in [3.8, 4) is 11.1 Å². The van der Waals surface area contributed by atoms with Gasteiger partial charge in [-0.1, -0.05) is 18.2 Å². The Hall–Kier alpha value is -2.48. The Morgan fingerprint density at radius 3 is 3.12 bits per heavy atom. The van der Waals surface area contributed by atoms with Crippen molar-refractivity contribution in [2.75, 3.05) is 31.1 Å². The molecule has 0 aliphatic carbocycles. The Kier molecular flexibility index (Phi) is 4.35. The van der Waals surface area contributed by atoms with E-state index in [9.17, 15) is 5.11 Å². The van der Waals surface area contributed by atoms with E-state index in [1.807, 2.05) is 30.5 Å². The van der Waals surface area contributed by atoms with Crippen molar-refractivity contribution in [1.29, 1.82) is 0 Å². The lowest BCUT2D eigenvalue weighted by Crippen LogP contribution is -2.60. The van der Waals surface area contributed by atoms with Gasteiger partial charge in [0.15, 0.2) is 0 Å². The van der Waals surface area contributed by atoms with E-state index in [1.165, 1.54) is 0 Å². The molecule has 1 saturated heterocycles. The number of hydrogen-bond acceptors (Lipinski definition) is 5. The van der Waals surface area contributed by atoms with E-state index in [0.717, 1.165) is 53.2 Å². The quantitative estimate of drug-likeness (QED) is 0.644. The maximum Gasteiger partial charge on any atom is 0.143 e. The van der Waals surface area contributed by atoms with Crippen molar-refractivity contribution in [1.82, 2.24) is 15.0 Å². The lowest BCUT2D eigenvalue weighted by Gasteiger charge is -2.32. The number of morpholine rings is 1. The molecule has 1 fully saturated rings. The van der Waals surface area contributed by atoms with Crippen LogP contribution in [0.25, 0.3) is 22.2 Å². The van der Waals surface area contributed by atoms with Crippen molar-refractivity contribution in [3.05, 3.63) is 42.4 Å². The molecule has 3 aromatic rings. The number of aromatic amines is 1. The van der Waals surface area contributed by atoms with Gasteiger partial charge in [-0.15, -0.1) is 0 Å². The van der Waals surface area contributed by atoms with E-state index < -0.39 is 0 Å². The van der Waals surface area contributed by atoms with E-state index in [1.54, 1.807) is 6.33 Å². The summed E-state index contributed by atoms with van der Waals surface area (Å²) in [5, 5.41) is 10.4. The molecule has 0 amide bonds. The number of nitrogens with one attached hydrogen (secondary N) is 1. The van der Waals surface area contributed by atoms with Gasteiger partial charge in [-0.2, -0.15) is 0 Å². The minimum atomic E-state index is 0.0220. The third-order valence-corrected chi connectivity index (χ3v) is 4.63. The highest BCUT2D eigenvalue weighted by molar-refractivity contribution is 6.01. The van der Waals surface area contributed by atoms with Crippen molar-refractivity contribution < 1.29 is 15.6 Å². The smallest absolute Gasteiger partial charge is 0.143 e. The van der Waals surface area contributed by atoms with Crippen LogP contribution in [0.1, 0.15) is 5.56 Å². The number of aliphatic hydroxyl groups excluding tert-OH is 1. The zero-order valence-corrected chi connectivity index (χ0v) is 14.0. The number of aliphatic hydroxyl groups is 1. The van der Waals surface area contributed by atoms with E-state index in [2.05, 4.69) is 25.6 Å². The summed E-state index contributed by atoms with van der Waals surface area (Å²) >= 11 is 0. The van der Waals surface area contributed by atoms with Gasteiger partial charge in [0.25, 0.3) is 0 Å². The lowest BCUT2D eigenvalue weighted by molar-refractivity contribution is -0.386. The number of ether oxygens (including phenoxy) is 1. The molecule has 130 valence electrons. The molecular weight excluding hydrogens is 318 g/mol. The Bertz CT molecular complexity index is 879. The van der Waals surface area contributed by atoms with E-state index in [0.29, 0.717) is 6.61 Å². The van der Waals surface area contributed by atoms with Crippen LogP contribution in [-0.2, 0) is 11.3 Å². The first-order valence-electron chi connectivity index (χ1n) is 8.48. The van der Waals surface area contributed by atoms with Crippen LogP contribution in [0, 0.1) is 0 Å². The molecule has 1 aromatic carbocycles. The molecular formula is C18H22N5O2+. The van der Waals surface area contributed by atoms with Gasteiger partial charge in [0.05, 0.1) is 25.1 Å². The zero-order chi connectivity index (χ0) is 17.2. The summed E-state index contributed by atoms with van der Waals surface area (Å²) in [5.74, 6) is 0.914. The fourth-order valence-corrected chi connectivity index (χ4v) is 3.34. The number of aromatic nitrogens is 3. The van der Waals surface area contributed by atoms with Crippen LogP contribution in [0.15, 0.2) is 36.8 Å². The molecule has 0 bridgehead atoms. The van der Waals surface area contributed by atoms with Gasteiger partial charge in [-0.25, -0.2) is 9.97 Å². The summed E-state index contributed by atoms with van der Waals surface area (Å²) in [6.45, 7) is 3.00. The second kappa shape index (κ2) is 6.79. The van der Waals surface area contributed by atoms with Crippen LogP contribution in [0.3, 0.4) is 0 Å². The van der Waals surface area contributed by atoms with Crippen LogP contribution in [0.2, 0.25) is 0 Å². The fourth-order valence-electron chi connectivity index (χ4n) is 3.34. The number of anilines is 1. The highest BCUT2D eigenvalue weighted by Crippen LogP contribution is 2.34. The highest BCUT2D eigenvalue weighted by Gasteiger charge is 2.24. The molecule has 0 saturated carbocycles. The first kappa shape index (κ1) is 16.0. The molecule has 1 atom stereocenters. The van der Waals surface area contributed by atoms with Crippen molar-refractivity contribution >= 4 is 16.9 Å². The molecule has 4 rings (SSSR count). The van der Waals surface area contributed by atoms with Gasteiger partial charge in [-0.05, 0) is 17.2 Å². The van der Waals surface area contributed by atoms with Gasteiger partial charge in [0.2, 0.25) is 0 Å². The van der Waals surface area contributed by atoms with Crippen molar-refractivity contribution in [3.63, 3.8) is 0 Å². The Morgan fingerprint density at radius 2 is 2.28 bits per heavy atom. The van der Waals surface area contributed by atoms with Crippen LogP contribution in [0.4, 0.5) is 5.82 Å². The molecule has 7 heteroatoms. The molecule has 1 aliphatic rings. The first-order valence-corrected chi connectivity index (χ1v) is 8.48. The topological polar surface area (TPSA) is 102 Å². The Morgan fingerprint density at radius 1 is 1.36 bits per heavy atom. The average molecular weight is 340 g/mol. The summed E-state index contributed by atoms with van der Waals surface area (Å²) in [5.41, 5.74) is 7.73. The molecule has 1 aliphatic heterocycles. The highest BCUT2D eigenvalue weighted by atomic mass is 16.5. The van der Waals surface area contributed by atoms with Gasteiger partial charge >= 0.3 is 0 Å². The molecule has 0 radical (unpaired) electrons. The number of benzene rings is 1. The van der Waals surface area contributed by atoms with E-state index in [4.69, 9.17) is 4.74 Å². The number of nitrogens with zero attached hydrogens (tertiary/aromatic N) is 3. The van der Waals surface area contributed by atoms with Gasteiger partial charge in [-0.3, -0.25) is 0 Å². The van der Waals surface area contributed by atoms with Crippen molar-refractivity contribution in [2.24, 2.45) is 0 Å². The second-order valence-corrected chi connectivity index (χ2v) is 6.21. The molecule has 0 unspecified atom stereocenters. The molecule has 7 nitrogen and oxygen atoms in total. The zero-order valence-electron chi connectivity index (χ0n) is 14.0. The third-order valence-electron chi connectivity index (χ3n) is 4.63. The van der Waals surface area contributed by atoms with E-state index in [-0.39, 0.29) is 12.7 Å². The predicted octanol–water partition coefficient (Wildman–Crippen LogP) is 0.564. The summed E-state index contributed by atoms with van der Waals surface area (Å²) in [7, 11) is 0. The van der Waals surface area contributed by atoms with Gasteiger partial charge in [0, 0.05) is 18.3 Å². The largest absolute Gasteiger partial charge is 0.392 e. The number of quaternary nitrogens is 1. The van der Waals surface area contributed by atoms with Crippen LogP contribution in [-0.4, -0.2) is 52.4 Å². The number of fused-ring (bicyclic) bond motifs is 1. The summed E-state index contributed by atoms with van der Waals surface area (Å²) < 4.78 is 5.73. The Labute approximate surface area is 145 Å². The van der Waals surface area contributed by atoms with E-state index >= 15 is 0 Å². The fraction of sp³-hybridized carbons (Fsp3) is 0.333. The summed E-state index contributed by atoms with van der Waals surface area (Å²) in [4.78, 5) is 14.4. The second-order valence-electron chi connectivity index (χ2n) is 6.21. The maximum atomic E-state index is 9.43. The lowest BCUT2D eigenvalue weighted by atomic mass is 10.0. The molecule has 0 spiro atoms. The van der Waals surface area contributed by atoms with Crippen LogP contribution in [0.5, 0.6) is 0 Å². The van der Waals surface area contributed by atoms with Crippen LogP contribution < -0.4 is 10.6 Å². The monoisotopic (exact) mass is 340 g/mol. The van der Waals surface area contributed by atoms with Gasteiger partial charge < -0.3 is 25.5 Å².